The van der Waals surface area contributed by atoms with E-state index in [2.05, 4.69) is 62.9 Å². The van der Waals surface area contributed by atoms with Gasteiger partial charge >= 0.3 is 0 Å². The molecule has 0 saturated carbocycles. The number of thiocarbonyl (C=S) groups is 1. The average molecular weight is 475 g/mol. The minimum Gasteiger partial charge on any atom is -0.494 e. The molecule has 0 spiro atoms. The first kappa shape index (κ1) is 23.7. The number of nitrogens with one attached hydrogen (secondary N) is 2. The molecule has 1 amide bonds. The van der Waals surface area contributed by atoms with E-state index in [-0.39, 0.29) is 11.0 Å². The van der Waals surface area contributed by atoms with Gasteiger partial charge in [0, 0.05) is 49.7 Å². The second-order valence-electron chi connectivity index (χ2n) is 8.16. The van der Waals surface area contributed by atoms with Gasteiger partial charge in [0.1, 0.15) is 5.75 Å². The standard InChI is InChI=1S/C27H30N4O2S/c1-2-33-25-14-8-22(9-15-25)26(32)29-27(34)28-23-10-12-24(13-11-23)31-18-16-30(17-19-31)20-21-6-4-3-5-7-21/h3-15H,2,16-20H2,1H3,(H2,28,29,32,34). The summed E-state index contributed by atoms with van der Waals surface area (Å²) in [7, 11) is 0. The van der Waals surface area contributed by atoms with E-state index >= 15 is 0 Å². The number of carbonyl (C=O) groups excluding carboxylic acids is 1. The lowest BCUT2D eigenvalue weighted by atomic mass is 10.2. The second-order valence-corrected chi connectivity index (χ2v) is 8.57. The summed E-state index contributed by atoms with van der Waals surface area (Å²) in [5, 5.41) is 6.08. The zero-order valence-electron chi connectivity index (χ0n) is 19.4. The Morgan fingerprint density at radius 2 is 1.59 bits per heavy atom. The van der Waals surface area contributed by atoms with Crippen molar-refractivity contribution in [3.63, 3.8) is 0 Å². The minimum atomic E-state index is -0.259. The summed E-state index contributed by atoms with van der Waals surface area (Å²) in [6.45, 7) is 7.57. The number of benzene rings is 3. The van der Waals surface area contributed by atoms with Gasteiger partial charge in [0.15, 0.2) is 5.11 Å². The third-order valence-electron chi connectivity index (χ3n) is 5.77. The van der Waals surface area contributed by atoms with Crippen LogP contribution in [-0.2, 0) is 6.54 Å². The Labute approximate surface area is 206 Å². The number of amides is 1. The van der Waals surface area contributed by atoms with E-state index in [9.17, 15) is 4.79 Å². The molecular weight excluding hydrogens is 444 g/mol. The van der Waals surface area contributed by atoms with Crippen LogP contribution >= 0.6 is 12.2 Å². The van der Waals surface area contributed by atoms with Gasteiger partial charge in [-0.05, 0) is 73.2 Å². The summed E-state index contributed by atoms with van der Waals surface area (Å²) in [5.41, 5.74) is 3.91. The van der Waals surface area contributed by atoms with Crippen LogP contribution in [0.2, 0.25) is 0 Å². The van der Waals surface area contributed by atoms with Gasteiger partial charge in [0.05, 0.1) is 6.61 Å². The van der Waals surface area contributed by atoms with Crippen molar-refractivity contribution in [2.75, 3.05) is 43.0 Å². The van der Waals surface area contributed by atoms with E-state index in [4.69, 9.17) is 17.0 Å². The zero-order valence-corrected chi connectivity index (χ0v) is 20.2. The SMILES string of the molecule is CCOc1ccc(C(=O)NC(=S)Nc2ccc(N3CCN(Cc4ccccc4)CC3)cc2)cc1. The molecule has 0 atom stereocenters. The van der Waals surface area contributed by atoms with Crippen LogP contribution in [0.25, 0.3) is 0 Å². The Balaban J connectivity index is 1.24. The van der Waals surface area contributed by atoms with Crippen molar-refractivity contribution >= 4 is 34.6 Å². The van der Waals surface area contributed by atoms with Crippen LogP contribution in [0.5, 0.6) is 5.75 Å². The number of nitrogens with zero attached hydrogens (tertiary/aromatic N) is 2. The summed E-state index contributed by atoms with van der Waals surface area (Å²) in [5.74, 6) is 0.475. The predicted molar refractivity (Wildman–Crippen MR) is 142 cm³/mol. The van der Waals surface area contributed by atoms with Crippen molar-refractivity contribution in [3.8, 4) is 5.75 Å². The van der Waals surface area contributed by atoms with Gasteiger partial charge in [0.25, 0.3) is 5.91 Å². The van der Waals surface area contributed by atoms with Gasteiger partial charge < -0.3 is 15.0 Å². The number of hydrogen-bond acceptors (Lipinski definition) is 5. The molecular formula is C27H30N4O2S. The van der Waals surface area contributed by atoms with E-state index < -0.39 is 0 Å². The van der Waals surface area contributed by atoms with E-state index in [0.29, 0.717) is 12.2 Å². The van der Waals surface area contributed by atoms with Gasteiger partial charge in [0.2, 0.25) is 0 Å². The Bertz CT molecular complexity index is 1080. The van der Waals surface area contributed by atoms with Gasteiger partial charge in [-0.25, -0.2) is 0 Å². The summed E-state index contributed by atoms with van der Waals surface area (Å²) in [4.78, 5) is 17.3. The first-order valence-electron chi connectivity index (χ1n) is 11.6. The molecule has 4 rings (SSSR count). The molecule has 34 heavy (non-hydrogen) atoms. The molecule has 1 fully saturated rings. The predicted octanol–water partition coefficient (Wildman–Crippen LogP) is 4.53. The normalized spacial score (nSPS) is 13.9. The summed E-state index contributed by atoms with van der Waals surface area (Å²) < 4.78 is 5.41. The highest BCUT2D eigenvalue weighted by molar-refractivity contribution is 7.80. The highest BCUT2D eigenvalue weighted by Gasteiger charge is 2.17. The van der Waals surface area contributed by atoms with Crippen LogP contribution in [0.3, 0.4) is 0 Å². The third-order valence-corrected chi connectivity index (χ3v) is 5.97. The Morgan fingerprint density at radius 3 is 2.24 bits per heavy atom. The van der Waals surface area contributed by atoms with Crippen LogP contribution in [0.4, 0.5) is 11.4 Å². The lowest BCUT2D eigenvalue weighted by Gasteiger charge is -2.36. The molecule has 1 heterocycles. The fourth-order valence-electron chi connectivity index (χ4n) is 3.97. The largest absolute Gasteiger partial charge is 0.494 e. The summed E-state index contributed by atoms with van der Waals surface area (Å²) in [6, 6.07) is 25.8. The van der Waals surface area contributed by atoms with Crippen LogP contribution in [0.15, 0.2) is 78.9 Å². The van der Waals surface area contributed by atoms with Crippen LogP contribution in [-0.4, -0.2) is 48.7 Å². The lowest BCUT2D eigenvalue weighted by Crippen LogP contribution is -2.45. The Kier molecular flexibility index (Phi) is 8.12. The first-order chi connectivity index (χ1) is 16.6. The molecule has 6 nitrogen and oxygen atoms in total. The minimum absolute atomic E-state index is 0.259. The molecule has 3 aromatic carbocycles. The summed E-state index contributed by atoms with van der Waals surface area (Å²) in [6.07, 6.45) is 0. The lowest BCUT2D eigenvalue weighted by molar-refractivity contribution is 0.0977. The fraction of sp³-hybridized carbons (Fsp3) is 0.259. The van der Waals surface area contributed by atoms with Crippen LogP contribution in [0, 0.1) is 0 Å². The topological polar surface area (TPSA) is 56.8 Å². The van der Waals surface area contributed by atoms with E-state index in [1.54, 1.807) is 24.3 Å². The number of piperazine rings is 1. The second kappa shape index (κ2) is 11.6. The number of anilines is 2. The van der Waals surface area contributed by atoms with Gasteiger partial charge in [-0.15, -0.1) is 0 Å². The third kappa shape index (κ3) is 6.56. The molecule has 176 valence electrons. The van der Waals surface area contributed by atoms with Gasteiger partial charge in [-0.1, -0.05) is 30.3 Å². The maximum Gasteiger partial charge on any atom is 0.257 e. The maximum absolute atomic E-state index is 12.4. The molecule has 1 saturated heterocycles. The van der Waals surface area contributed by atoms with E-state index in [1.807, 2.05) is 19.1 Å². The van der Waals surface area contributed by atoms with E-state index in [1.165, 1.54) is 11.3 Å². The van der Waals surface area contributed by atoms with Gasteiger partial charge in [-0.2, -0.15) is 0 Å². The molecule has 2 N–H and O–H groups in total. The molecule has 3 aromatic rings. The number of hydrogen-bond donors (Lipinski definition) is 2. The van der Waals surface area contributed by atoms with Crippen molar-refractivity contribution in [3.05, 3.63) is 90.0 Å². The Morgan fingerprint density at radius 1 is 0.912 bits per heavy atom. The van der Waals surface area contributed by atoms with Crippen molar-refractivity contribution in [1.82, 2.24) is 10.2 Å². The highest BCUT2D eigenvalue weighted by atomic mass is 32.1. The first-order valence-corrected chi connectivity index (χ1v) is 12.0. The van der Waals surface area contributed by atoms with Crippen molar-refractivity contribution in [2.45, 2.75) is 13.5 Å². The molecule has 0 bridgehead atoms. The monoisotopic (exact) mass is 474 g/mol. The average Bonchev–Trinajstić information content (AvgIpc) is 2.86. The van der Waals surface area contributed by atoms with Crippen molar-refractivity contribution in [1.29, 1.82) is 0 Å². The molecule has 0 aliphatic carbocycles. The number of rotatable bonds is 7. The molecule has 0 unspecified atom stereocenters. The molecule has 7 heteroatoms. The van der Waals surface area contributed by atoms with Gasteiger partial charge in [-0.3, -0.25) is 15.0 Å². The molecule has 1 aliphatic rings. The number of carbonyl (C=O) groups is 1. The molecule has 0 radical (unpaired) electrons. The van der Waals surface area contributed by atoms with Crippen LogP contribution in [0.1, 0.15) is 22.8 Å². The quantitative estimate of drug-likeness (QED) is 0.491. The molecule has 0 aromatic heterocycles. The van der Waals surface area contributed by atoms with Crippen molar-refractivity contribution < 1.29 is 9.53 Å². The van der Waals surface area contributed by atoms with Crippen molar-refractivity contribution in [2.24, 2.45) is 0 Å². The molecule has 1 aliphatic heterocycles. The zero-order chi connectivity index (χ0) is 23.8. The van der Waals surface area contributed by atoms with Crippen LogP contribution < -0.4 is 20.3 Å². The highest BCUT2D eigenvalue weighted by Crippen LogP contribution is 2.20. The Hall–Kier alpha value is -3.42. The smallest absolute Gasteiger partial charge is 0.257 e. The summed E-state index contributed by atoms with van der Waals surface area (Å²) >= 11 is 5.32. The maximum atomic E-state index is 12.4. The van der Waals surface area contributed by atoms with E-state index in [0.717, 1.165) is 44.2 Å². The fourth-order valence-corrected chi connectivity index (χ4v) is 4.18. The number of ether oxygens (including phenoxy) is 1.